The highest BCUT2D eigenvalue weighted by molar-refractivity contribution is 6.31. The molecule has 21 heavy (non-hydrogen) atoms. The van der Waals surface area contributed by atoms with Crippen molar-refractivity contribution in [3.8, 4) is 0 Å². The van der Waals surface area contributed by atoms with Gasteiger partial charge in [-0.3, -0.25) is 4.79 Å². The molecule has 2 aromatic rings. The molecule has 5 heteroatoms. The second-order valence-electron chi connectivity index (χ2n) is 5.18. The SMILES string of the molecule is CN(C)N1C(=O)[C@H](c2ccc(Cl)cc2)c2ccc(Cl)cc21. The van der Waals surface area contributed by atoms with Crippen LogP contribution in [0.5, 0.6) is 0 Å². The maximum absolute atomic E-state index is 12.8. The normalized spacial score (nSPS) is 17.5. The number of nitrogens with zero attached hydrogens (tertiary/aromatic N) is 2. The largest absolute Gasteiger partial charge is 0.272 e. The van der Waals surface area contributed by atoms with Crippen LogP contribution in [0, 0.1) is 0 Å². The number of carbonyl (C=O) groups excluding carboxylic acids is 1. The van der Waals surface area contributed by atoms with E-state index in [9.17, 15) is 4.79 Å². The van der Waals surface area contributed by atoms with E-state index in [2.05, 4.69) is 0 Å². The minimum Gasteiger partial charge on any atom is -0.272 e. The van der Waals surface area contributed by atoms with Gasteiger partial charge in [-0.2, -0.15) is 0 Å². The Morgan fingerprint density at radius 3 is 2.24 bits per heavy atom. The lowest BCUT2D eigenvalue weighted by molar-refractivity contribution is -0.120. The third-order valence-corrected chi connectivity index (χ3v) is 4.08. The molecule has 0 aromatic heterocycles. The van der Waals surface area contributed by atoms with Crippen LogP contribution in [0.25, 0.3) is 0 Å². The Morgan fingerprint density at radius 2 is 1.62 bits per heavy atom. The first-order valence-electron chi connectivity index (χ1n) is 6.55. The minimum atomic E-state index is -0.322. The number of hydrogen-bond donors (Lipinski definition) is 0. The van der Waals surface area contributed by atoms with Gasteiger partial charge in [-0.25, -0.2) is 10.0 Å². The summed E-state index contributed by atoms with van der Waals surface area (Å²) >= 11 is 12.0. The highest BCUT2D eigenvalue weighted by Crippen LogP contribution is 2.42. The van der Waals surface area contributed by atoms with E-state index in [-0.39, 0.29) is 11.8 Å². The standard InChI is InChI=1S/C16H14Cl2N2O/c1-19(2)20-14-9-12(18)7-8-13(14)15(16(20)21)10-3-5-11(17)6-4-10/h3-9,15H,1-2H3/t15-/m1/s1. The molecule has 3 rings (SSSR count). The second-order valence-corrected chi connectivity index (χ2v) is 6.06. The number of amides is 1. The predicted octanol–water partition coefficient (Wildman–Crippen LogP) is 3.95. The van der Waals surface area contributed by atoms with Crippen LogP contribution in [-0.4, -0.2) is 25.0 Å². The summed E-state index contributed by atoms with van der Waals surface area (Å²) in [5, 5.41) is 4.70. The predicted molar refractivity (Wildman–Crippen MR) is 85.9 cm³/mol. The van der Waals surface area contributed by atoms with Crippen molar-refractivity contribution in [1.82, 2.24) is 5.01 Å². The molecule has 108 valence electrons. The van der Waals surface area contributed by atoms with E-state index in [4.69, 9.17) is 23.2 Å². The molecule has 0 saturated heterocycles. The van der Waals surface area contributed by atoms with E-state index in [1.807, 2.05) is 44.4 Å². The maximum Gasteiger partial charge on any atom is 0.253 e. The van der Waals surface area contributed by atoms with Crippen molar-refractivity contribution in [2.24, 2.45) is 0 Å². The summed E-state index contributed by atoms with van der Waals surface area (Å²) < 4.78 is 0. The molecule has 3 nitrogen and oxygen atoms in total. The van der Waals surface area contributed by atoms with Crippen LogP contribution >= 0.6 is 23.2 Å². The smallest absolute Gasteiger partial charge is 0.253 e. The Hall–Kier alpha value is -1.55. The first-order chi connectivity index (χ1) is 9.99. The van der Waals surface area contributed by atoms with E-state index >= 15 is 0 Å². The molecule has 0 N–H and O–H groups in total. The average Bonchev–Trinajstić information content (AvgIpc) is 2.71. The van der Waals surface area contributed by atoms with Gasteiger partial charge in [-0.15, -0.1) is 0 Å². The molecule has 1 heterocycles. The van der Waals surface area contributed by atoms with Gasteiger partial charge in [-0.05, 0) is 35.4 Å². The van der Waals surface area contributed by atoms with E-state index in [1.165, 1.54) is 0 Å². The Morgan fingerprint density at radius 1 is 1.00 bits per heavy atom. The van der Waals surface area contributed by atoms with Gasteiger partial charge in [0, 0.05) is 24.1 Å². The molecule has 0 spiro atoms. The van der Waals surface area contributed by atoms with Crippen molar-refractivity contribution >= 4 is 34.8 Å². The molecular weight excluding hydrogens is 307 g/mol. The second kappa shape index (κ2) is 5.34. The van der Waals surface area contributed by atoms with Crippen molar-refractivity contribution in [3.05, 3.63) is 63.6 Å². The molecule has 1 amide bonds. The quantitative estimate of drug-likeness (QED) is 0.836. The summed E-state index contributed by atoms with van der Waals surface area (Å²) in [6, 6.07) is 12.9. The molecule has 0 bridgehead atoms. The lowest BCUT2D eigenvalue weighted by Crippen LogP contribution is -2.40. The number of carbonyl (C=O) groups is 1. The molecule has 1 atom stereocenters. The average molecular weight is 321 g/mol. The molecule has 0 unspecified atom stereocenters. The zero-order chi connectivity index (χ0) is 15.1. The van der Waals surface area contributed by atoms with Crippen LogP contribution in [0.3, 0.4) is 0 Å². The highest BCUT2D eigenvalue weighted by atomic mass is 35.5. The number of halogens is 2. The van der Waals surface area contributed by atoms with Gasteiger partial charge >= 0.3 is 0 Å². The third kappa shape index (κ3) is 2.42. The van der Waals surface area contributed by atoms with Crippen LogP contribution in [0.4, 0.5) is 5.69 Å². The topological polar surface area (TPSA) is 23.6 Å². The van der Waals surface area contributed by atoms with Crippen molar-refractivity contribution in [2.45, 2.75) is 5.92 Å². The lowest BCUT2D eigenvalue weighted by Gasteiger charge is -2.25. The van der Waals surface area contributed by atoms with Crippen molar-refractivity contribution < 1.29 is 4.79 Å². The number of benzene rings is 2. The van der Waals surface area contributed by atoms with Gasteiger partial charge in [-0.1, -0.05) is 41.4 Å². The van der Waals surface area contributed by atoms with Gasteiger partial charge in [0.15, 0.2) is 0 Å². The van der Waals surface area contributed by atoms with E-state index < -0.39 is 0 Å². The van der Waals surface area contributed by atoms with Gasteiger partial charge in [0.25, 0.3) is 5.91 Å². The van der Waals surface area contributed by atoms with Crippen LogP contribution in [0.2, 0.25) is 10.0 Å². The van der Waals surface area contributed by atoms with Gasteiger partial charge in [0.2, 0.25) is 0 Å². The van der Waals surface area contributed by atoms with Crippen LogP contribution < -0.4 is 5.01 Å². The third-order valence-electron chi connectivity index (χ3n) is 3.59. The molecule has 0 radical (unpaired) electrons. The Kier molecular flexibility index (Phi) is 3.66. The van der Waals surface area contributed by atoms with Gasteiger partial charge < -0.3 is 0 Å². The number of hydrazine groups is 1. The molecule has 0 fully saturated rings. The van der Waals surface area contributed by atoms with Gasteiger partial charge in [0.05, 0.1) is 11.6 Å². The Bertz CT molecular complexity index is 698. The molecule has 1 aliphatic heterocycles. The molecule has 1 aliphatic rings. The highest BCUT2D eigenvalue weighted by Gasteiger charge is 2.39. The number of hydrogen-bond acceptors (Lipinski definition) is 2. The summed E-state index contributed by atoms with van der Waals surface area (Å²) in [6.07, 6.45) is 0. The summed E-state index contributed by atoms with van der Waals surface area (Å²) in [7, 11) is 3.68. The van der Waals surface area contributed by atoms with Gasteiger partial charge in [0.1, 0.15) is 0 Å². The number of fused-ring (bicyclic) bond motifs is 1. The monoisotopic (exact) mass is 320 g/mol. The van der Waals surface area contributed by atoms with Crippen LogP contribution in [0.15, 0.2) is 42.5 Å². The number of anilines is 1. The molecule has 2 aromatic carbocycles. The van der Waals surface area contributed by atoms with E-state index in [0.29, 0.717) is 10.0 Å². The van der Waals surface area contributed by atoms with Crippen molar-refractivity contribution in [1.29, 1.82) is 0 Å². The van der Waals surface area contributed by atoms with Crippen molar-refractivity contribution in [2.75, 3.05) is 19.1 Å². The summed E-state index contributed by atoms with van der Waals surface area (Å²) in [5.74, 6) is -0.309. The molecule has 0 aliphatic carbocycles. The van der Waals surface area contributed by atoms with E-state index in [1.54, 1.807) is 22.2 Å². The zero-order valence-electron chi connectivity index (χ0n) is 11.7. The van der Waals surface area contributed by atoms with E-state index in [0.717, 1.165) is 16.8 Å². The fourth-order valence-electron chi connectivity index (χ4n) is 2.71. The summed E-state index contributed by atoms with van der Waals surface area (Å²) in [6.45, 7) is 0. The Labute approximate surface area is 133 Å². The first kappa shape index (κ1) is 14.4. The molecule has 0 saturated carbocycles. The maximum atomic E-state index is 12.8. The number of rotatable bonds is 2. The Balaban J connectivity index is 2.15. The fraction of sp³-hybridized carbons (Fsp3) is 0.188. The first-order valence-corrected chi connectivity index (χ1v) is 7.31. The lowest BCUT2D eigenvalue weighted by atomic mass is 9.93. The van der Waals surface area contributed by atoms with Crippen LogP contribution in [0.1, 0.15) is 17.0 Å². The zero-order valence-corrected chi connectivity index (χ0v) is 13.2. The van der Waals surface area contributed by atoms with Crippen LogP contribution in [-0.2, 0) is 4.79 Å². The summed E-state index contributed by atoms with van der Waals surface area (Å²) in [5.41, 5.74) is 2.72. The fourth-order valence-corrected chi connectivity index (χ4v) is 3.00. The van der Waals surface area contributed by atoms with Crippen molar-refractivity contribution in [3.63, 3.8) is 0 Å². The summed E-state index contributed by atoms with van der Waals surface area (Å²) in [4.78, 5) is 12.8. The minimum absolute atomic E-state index is 0.0135. The molecular formula is C16H14Cl2N2O.